The molecule has 1 aromatic carbocycles. The van der Waals surface area contributed by atoms with Crippen LogP contribution in [0.15, 0.2) is 59.7 Å². The lowest BCUT2D eigenvalue weighted by atomic mass is 9.91. The molecule has 1 aromatic rings. The Morgan fingerprint density at radius 3 is 2.96 bits per heavy atom. The van der Waals surface area contributed by atoms with E-state index in [1.54, 1.807) is 5.49 Å². The summed E-state index contributed by atoms with van der Waals surface area (Å²) < 4.78 is 0. The molecule has 2 N–H and O–H groups in total. The highest BCUT2D eigenvalue weighted by molar-refractivity contribution is 7.78. The van der Waals surface area contributed by atoms with Crippen LogP contribution in [0.4, 0.5) is 5.69 Å². The minimum Gasteiger partial charge on any atom is -0.398 e. The third kappa shape index (κ3) is 3.63. The first kappa shape index (κ1) is 17.0. The number of halogens is 1. The van der Waals surface area contributed by atoms with Crippen LogP contribution >= 0.6 is 23.8 Å². The van der Waals surface area contributed by atoms with Gasteiger partial charge >= 0.3 is 0 Å². The molecule has 0 radical (unpaired) electrons. The van der Waals surface area contributed by atoms with Crippen LogP contribution in [0.5, 0.6) is 0 Å². The summed E-state index contributed by atoms with van der Waals surface area (Å²) >= 11 is 11.4. The second-order valence-corrected chi connectivity index (χ2v) is 6.89. The largest absolute Gasteiger partial charge is 0.398 e. The van der Waals surface area contributed by atoms with Crippen molar-refractivity contribution < 1.29 is 0 Å². The van der Waals surface area contributed by atoms with Crippen LogP contribution in [0.1, 0.15) is 25.3 Å². The quantitative estimate of drug-likeness (QED) is 0.598. The average molecular weight is 357 g/mol. The lowest BCUT2D eigenvalue weighted by Crippen LogP contribution is -2.37. The number of rotatable bonds is 3. The summed E-state index contributed by atoms with van der Waals surface area (Å²) in [5.74, 6) is 0. The fourth-order valence-corrected chi connectivity index (χ4v) is 3.54. The highest BCUT2D eigenvalue weighted by Gasteiger charge is 2.23. The number of benzene rings is 1. The van der Waals surface area contributed by atoms with Crippen LogP contribution in [0.3, 0.4) is 0 Å². The SMILES string of the molecule is CC1=CC=C(C2C=C(c3cc(Cl)ccc3N)CCN2C=S)C=CC1. The minimum atomic E-state index is 0.128. The molecule has 2 nitrogen and oxygen atoms in total. The van der Waals surface area contributed by atoms with Crippen LogP contribution in [-0.2, 0) is 0 Å². The Hall–Kier alpha value is -1.84. The van der Waals surface area contributed by atoms with E-state index in [1.165, 1.54) is 16.7 Å². The van der Waals surface area contributed by atoms with Crippen molar-refractivity contribution in [3.63, 3.8) is 0 Å². The summed E-state index contributed by atoms with van der Waals surface area (Å²) in [6.45, 7) is 3.02. The Morgan fingerprint density at radius 2 is 2.17 bits per heavy atom. The molecule has 2 aliphatic rings. The molecule has 0 bridgehead atoms. The predicted molar refractivity (Wildman–Crippen MR) is 108 cm³/mol. The lowest BCUT2D eigenvalue weighted by Gasteiger charge is -2.34. The first-order chi connectivity index (χ1) is 11.6. The second kappa shape index (κ2) is 7.37. The van der Waals surface area contributed by atoms with Crippen LogP contribution in [-0.4, -0.2) is 23.0 Å². The number of thiocarbonyl (C=S) groups is 1. The highest BCUT2D eigenvalue weighted by Crippen LogP contribution is 2.33. The first-order valence-electron chi connectivity index (χ1n) is 8.09. The number of hydrogen-bond acceptors (Lipinski definition) is 2. The molecule has 1 aliphatic carbocycles. The molecule has 1 atom stereocenters. The highest BCUT2D eigenvalue weighted by atomic mass is 35.5. The van der Waals surface area contributed by atoms with Crippen LogP contribution in [0.2, 0.25) is 5.02 Å². The molecular formula is C20H21ClN2S. The van der Waals surface area contributed by atoms with Crippen LogP contribution in [0.25, 0.3) is 5.57 Å². The number of nitrogens with two attached hydrogens (primary N) is 1. The van der Waals surface area contributed by atoms with Crippen molar-refractivity contribution in [2.75, 3.05) is 12.3 Å². The molecule has 0 saturated carbocycles. The van der Waals surface area contributed by atoms with Crippen molar-refractivity contribution in [1.29, 1.82) is 0 Å². The smallest absolute Gasteiger partial charge is 0.0734 e. The van der Waals surface area contributed by atoms with Gasteiger partial charge in [-0.25, -0.2) is 0 Å². The molecule has 0 amide bonds. The number of nitrogens with zero attached hydrogens (tertiary/aromatic N) is 1. The van der Waals surface area contributed by atoms with Crippen molar-refractivity contribution in [2.45, 2.75) is 25.8 Å². The Kier molecular flexibility index (Phi) is 5.22. The summed E-state index contributed by atoms with van der Waals surface area (Å²) in [6, 6.07) is 5.78. The Bertz CT molecular complexity index is 774. The van der Waals surface area contributed by atoms with Gasteiger partial charge in [-0.3, -0.25) is 0 Å². The zero-order chi connectivity index (χ0) is 17.1. The fourth-order valence-electron chi connectivity index (χ4n) is 3.14. The van der Waals surface area contributed by atoms with Crippen molar-refractivity contribution >= 4 is 40.6 Å². The predicted octanol–water partition coefficient (Wildman–Crippen LogP) is 5.17. The fraction of sp³-hybridized carbons (Fsp3) is 0.250. The van der Waals surface area contributed by atoms with Gasteiger partial charge in [-0.2, -0.15) is 0 Å². The van der Waals surface area contributed by atoms with E-state index in [4.69, 9.17) is 29.6 Å². The van der Waals surface area contributed by atoms with Gasteiger partial charge in [-0.05, 0) is 49.1 Å². The van der Waals surface area contributed by atoms with Gasteiger partial charge in [0.05, 0.1) is 11.5 Å². The van der Waals surface area contributed by atoms with Gasteiger partial charge in [0, 0.05) is 22.8 Å². The maximum absolute atomic E-state index is 6.17. The monoisotopic (exact) mass is 356 g/mol. The van der Waals surface area contributed by atoms with Crippen molar-refractivity contribution in [3.05, 3.63) is 70.3 Å². The number of hydrogen-bond donors (Lipinski definition) is 1. The minimum absolute atomic E-state index is 0.128. The first-order valence-corrected chi connectivity index (χ1v) is 8.94. The average Bonchev–Trinajstić information content (AvgIpc) is 2.81. The molecule has 1 unspecified atom stereocenters. The third-order valence-electron chi connectivity index (χ3n) is 4.50. The molecule has 0 spiro atoms. The van der Waals surface area contributed by atoms with Gasteiger partial charge in [0.2, 0.25) is 0 Å². The second-order valence-electron chi connectivity index (χ2n) is 6.25. The van der Waals surface area contributed by atoms with E-state index in [2.05, 4.69) is 42.2 Å². The van der Waals surface area contributed by atoms with Gasteiger partial charge in [-0.1, -0.05) is 59.8 Å². The maximum Gasteiger partial charge on any atom is 0.0734 e. The summed E-state index contributed by atoms with van der Waals surface area (Å²) in [5, 5.41) is 0.709. The Balaban J connectivity index is 2.02. The molecule has 1 heterocycles. The van der Waals surface area contributed by atoms with Crippen molar-refractivity contribution in [2.24, 2.45) is 0 Å². The molecule has 0 saturated heterocycles. The van der Waals surface area contributed by atoms with Crippen molar-refractivity contribution in [1.82, 2.24) is 4.90 Å². The van der Waals surface area contributed by atoms with E-state index in [9.17, 15) is 0 Å². The Morgan fingerprint density at radius 1 is 1.33 bits per heavy atom. The summed E-state index contributed by atoms with van der Waals surface area (Å²) in [5.41, 5.74) is 13.6. The number of nitrogen functional groups attached to an aromatic ring is 1. The molecule has 1 aliphatic heterocycles. The zero-order valence-electron chi connectivity index (χ0n) is 13.7. The summed E-state index contributed by atoms with van der Waals surface area (Å²) in [6.07, 6.45) is 12.9. The standard InChI is InChI=1S/C20H21ClN2S/c1-14-3-2-4-15(6-5-14)20-11-16(9-10-23(20)13-24)18-12-17(21)7-8-19(18)22/h2,4-8,11-13,20H,3,9-10,22H2,1H3. The van der Waals surface area contributed by atoms with E-state index >= 15 is 0 Å². The van der Waals surface area contributed by atoms with Gasteiger partial charge < -0.3 is 10.6 Å². The maximum atomic E-state index is 6.17. The normalized spacial score (nSPS) is 20.8. The topological polar surface area (TPSA) is 29.3 Å². The van der Waals surface area contributed by atoms with Gasteiger partial charge in [0.15, 0.2) is 0 Å². The van der Waals surface area contributed by atoms with Crippen LogP contribution < -0.4 is 5.73 Å². The van der Waals surface area contributed by atoms with Crippen LogP contribution in [0, 0.1) is 0 Å². The number of anilines is 1. The van der Waals surface area contributed by atoms with E-state index < -0.39 is 0 Å². The molecule has 0 aromatic heterocycles. The molecule has 3 rings (SSSR count). The van der Waals surface area contributed by atoms with Gasteiger partial charge in [-0.15, -0.1) is 0 Å². The van der Waals surface area contributed by atoms with E-state index in [0.717, 1.165) is 30.6 Å². The summed E-state index contributed by atoms with van der Waals surface area (Å²) in [4.78, 5) is 2.20. The van der Waals surface area contributed by atoms with Gasteiger partial charge in [0.1, 0.15) is 0 Å². The summed E-state index contributed by atoms with van der Waals surface area (Å²) in [7, 11) is 0. The molecule has 4 heteroatoms. The lowest BCUT2D eigenvalue weighted by molar-refractivity contribution is 0.408. The molecule has 0 fully saturated rings. The Labute approximate surface area is 154 Å². The van der Waals surface area contributed by atoms with Gasteiger partial charge in [0.25, 0.3) is 0 Å². The molecular weight excluding hydrogens is 336 g/mol. The van der Waals surface area contributed by atoms with E-state index in [-0.39, 0.29) is 6.04 Å². The van der Waals surface area contributed by atoms with Crippen molar-refractivity contribution in [3.8, 4) is 0 Å². The third-order valence-corrected chi connectivity index (χ3v) is 5.01. The molecule has 24 heavy (non-hydrogen) atoms. The zero-order valence-corrected chi connectivity index (χ0v) is 15.3. The number of allylic oxidation sites excluding steroid dienone is 4. The van der Waals surface area contributed by atoms with E-state index in [1.807, 2.05) is 18.2 Å². The molecule has 124 valence electrons. The van der Waals surface area contributed by atoms with E-state index in [0.29, 0.717) is 5.02 Å².